The minimum Gasteiger partial charge on any atom is -0.481 e. The SMILES string of the molecule is CC[C@H](Oc1ccc(C)cc1)C(=O)N[C@H](C)c1ccc2c(c1)CCCC2. The Balaban J connectivity index is 1.64. The predicted octanol–water partition coefficient (Wildman–Crippen LogP) is 4.91. The van der Waals surface area contributed by atoms with E-state index in [1.807, 2.05) is 45.0 Å². The minimum atomic E-state index is -0.474. The third-order valence-corrected chi connectivity index (χ3v) is 5.19. The van der Waals surface area contributed by atoms with Gasteiger partial charge in [-0.05, 0) is 74.8 Å². The van der Waals surface area contributed by atoms with E-state index in [0.29, 0.717) is 6.42 Å². The number of hydrogen-bond acceptors (Lipinski definition) is 2. The van der Waals surface area contributed by atoms with Crippen LogP contribution in [0.15, 0.2) is 42.5 Å². The molecule has 3 nitrogen and oxygen atoms in total. The molecule has 3 rings (SSSR count). The molecule has 0 bridgehead atoms. The van der Waals surface area contributed by atoms with Crippen molar-refractivity contribution in [3.63, 3.8) is 0 Å². The molecule has 138 valence electrons. The Kier molecular flexibility index (Phi) is 5.97. The van der Waals surface area contributed by atoms with Crippen LogP contribution in [-0.4, -0.2) is 12.0 Å². The van der Waals surface area contributed by atoms with Gasteiger partial charge in [0.1, 0.15) is 5.75 Å². The number of ether oxygens (including phenoxy) is 1. The standard InChI is InChI=1S/C23H29NO2/c1-4-22(26-21-13-9-16(2)10-14-21)23(25)24-17(3)19-12-11-18-7-5-6-8-20(18)15-19/h9-15,17,22H,4-8H2,1-3H3,(H,24,25)/t17-,22+/m1/s1. The number of nitrogens with one attached hydrogen (secondary N) is 1. The molecule has 0 heterocycles. The van der Waals surface area contributed by atoms with Gasteiger partial charge in [-0.15, -0.1) is 0 Å². The van der Waals surface area contributed by atoms with Gasteiger partial charge >= 0.3 is 0 Å². The molecule has 0 unspecified atom stereocenters. The molecule has 0 fully saturated rings. The average Bonchev–Trinajstić information content (AvgIpc) is 2.67. The highest BCUT2D eigenvalue weighted by atomic mass is 16.5. The number of rotatable bonds is 6. The molecule has 1 amide bonds. The van der Waals surface area contributed by atoms with Gasteiger partial charge in [0.05, 0.1) is 6.04 Å². The Morgan fingerprint density at radius 3 is 2.46 bits per heavy atom. The zero-order chi connectivity index (χ0) is 18.5. The monoisotopic (exact) mass is 351 g/mol. The molecule has 0 saturated heterocycles. The van der Waals surface area contributed by atoms with Crippen molar-refractivity contribution in [2.24, 2.45) is 0 Å². The van der Waals surface area contributed by atoms with Crippen molar-refractivity contribution in [2.75, 3.05) is 0 Å². The maximum atomic E-state index is 12.7. The van der Waals surface area contributed by atoms with Gasteiger partial charge in [0.25, 0.3) is 5.91 Å². The quantitative estimate of drug-likeness (QED) is 0.803. The maximum absolute atomic E-state index is 12.7. The predicted molar refractivity (Wildman–Crippen MR) is 106 cm³/mol. The molecule has 3 heteroatoms. The highest BCUT2D eigenvalue weighted by Gasteiger charge is 2.21. The van der Waals surface area contributed by atoms with E-state index < -0.39 is 6.10 Å². The van der Waals surface area contributed by atoms with Crippen LogP contribution < -0.4 is 10.1 Å². The molecule has 2 aromatic rings. The van der Waals surface area contributed by atoms with E-state index in [9.17, 15) is 4.79 Å². The second kappa shape index (κ2) is 8.39. The first-order chi connectivity index (χ1) is 12.6. The second-order valence-corrected chi connectivity index (χ2v) is 7.29. The van der Waals surface area contributed by atoms with Crippen LogP contribution in [-0.2, 0) is 17.6 Å². The van der Waals surface area contributed by atoms with E-state index in [1.165, 1.54) is 41.5 Å². The highest BCUT2D eigenvalue weighted by molar-refractivity contribution is 5.81. The van der Waals surface area contributed by atoms with Gasteiger partial charge in [-0.2, -0.15) is 0 Å². The number of fused-ring (bicyclic) bond motifs is 1. The Hall–Kier alpha value is -2.29. The topological polar surface area (TPSA) is 38.3 Å². The van der Waals surface area contributed by atoms with Crippen LogP contribution in [0.4, 0.5) is 0 Å². The van der Waals surface area contributed by atoms with Gasteiger partial charge in [-0.25, -0.2) is 0 Å². The fourth-order valence-corrected chi connectivity index (χ4v) is 3.52. The lowest BCUT2D eigenvalue weighted by Crippen LogP contribution is -2.39. The van der Waals surface area contributed by atoms with E-state index in [2.05, 4.69) is 23.5 Å². The Bertz CT molecular complexity index is 751. The van der Waals surface area contributed by atoms with Crippen molar-refractivity contribution in [1.29, 1.82) is 0 Å². The van der Waals surface area contributed by atoms with Crippen LogP contribution in [0, 0.1) is 6.92 Å². The summed E-state index contributed by atoms with van der Waals surface area (Å²) in [6.45, 7) is 6.05. The number of hydrogen-bond donors (Lipinski definition) is 1. The number of carbonyl (C=O) groups is 1. The lowest BCUT2D eigenvalue weighted by Gasteiger charge is -2.22. The second-order valence-electron chi connectivity index (χ2n) is 7.29. The molecule has 0 aromatic heterocycles. The summed E-state index contributed by atoms with van der Waals surface area (Å²) in [6, 6.07) is 14.4. The summed E-state index contributed by atoms with van der Waals surface area (Å²) in [7, 11) is 0. The van der Waals surface area contributed by atoms with Gasteiger partial charge in [-0.3, -0.25) is 4.79 Å². The summed E-state index contributed by atoms with van der Waals surface area (Å²) < 4.78 is 5.90. The Morgan fingerprint density at radius 2 is 1.77 bits per heavy atom. The normalized spacial score (nSPS) is 15.7. The average molecular weight is 351 g/mol. The smallest absolute Gasteiger partial charge is 0.261 e. The molecular formula is C23H29NO2. The van der Waals surface area contributed by atoms with Crippen LogP contribution in [0.5, 0.6) is 5.75 Å². The van der Waals surface area contributed by atoms with Gasteiger partial charge in [0.15, 0.2) is 6.10 Å². The summed E-state index contributed by atoms with van der Waals surface area (Å²) in [5.41, 5.74) is 5.26. The molecule has 0 saturated carbocycles. The molecule has 2 aromatic carbocycles. The van der Waals surface area contributed by atoms with Gasteiger partial charge in [-0.1, -0.05) is 42.8 Å². The van der Waals surface area contributed by atoms with Crippen molar-refractivity contribution in [3.8, 4) is 5.75 Å². The van der Waals surface area contributed by atoms with Gasteiger partial charge in [0.2, 0.25) is 0 Å². The summed E-state index contributed by atoms with van der Waals surface area (Å²) in [4.78, 5) is 12.7. The first kappa shape index (κ1) is 18.5. The fourth-order valence-electron chi connectivity index (χ4n) is 3.52. The van der Waals surface area contributed by atoms with Crippen molar-refractivity contribution in [2.45, 2.75) is 65.0 Å². The summed E-state index contributed by atoms with van der Waals surface area (Å²) in [5.74, 6) is 0.678. The zero-order valence-electron chi connectivity index (χ0n) is 16.0. The van der Waals surface area contributed by atoms with E-state index >= 15 is 0 Å². The van der Waals surface area contributed by atoms with Crippen molar-refractivity contribution < 1.29 is 9.53 Å². The van der Waals surface area contributed by atoms with Crippen molar-refractivity contribution >= 4 is 5.91 Å². The molecule has 26 heavy (non-hydrogen) atoms. The Labute approximate surface area is 156 Å². The lowest BCUT2D eigenvalue weighted by atomic mass is 9.89. The van der Waals surface area contributed by atoms with E-state index in [-0.39, 0.29) is 11.9 Å². The minimum absolute atomic E-state index is 0.0228. The number of amides is 1. The molecule has 2 atom stereocenters. The molecule has 1 N–H and O–H groups in total. The number of aryl methyl sites for hydroxylation is 3. The largest absolute Gasteiger partial charge is 0.481 e. The summed E-state index contributed by atoms with van der Waals surface area (Å²) >= 11 is 0. The van der Waals surface area contributed by atoms with Crippen LogP contribution in [0.1, 0.15) is 61.4 Å². The third kappa shape index (κ3) is 4.46. The molecule has 1 aliphatic carbocycles. The van der Waals surface area contributed by atoms with Crippen LogP contribution >= 0.6 is 0 Å². The third-order valence-electron chi connectivity index (χ3n) is 5.19. The van der Waals surface area contributed by atoms with Crippen molar-refractivity contribution in [3.05, 3.63) is 64.7 Å². The number of benzene rings is 2. The lowest BCUT2D eigenvalue weighted by molar-refractivity contribution is -0.128. The maximum Gasteiger partial charge on any atom is 0.261 e. The summed E-state index contributed by atoms with van der Waals surface area (Å²) in [5, 5.41) is 3.12. The van der Waals surface area contributed by atoms with Crippen LogP contribution in [0.25, 0.3) is 0 Å². The molecular weight excluding hydrogens is 322 g/mol. The zero-order valence-corrected chi connectivity index (χ0v) is 16.0. The van der Waals surface area contributed by atoms with E-state index in [1.54, 1.807) is 0 Å². The molecule has 0 radical (unpaired) electrons. The fraction of sp³-hybridized carbons (Fsp3) is 0.435. The Morgan fingerprint density at radius 1 is 1.08 bits per heavy atom. The first-order valence-electron chi connectivity index (χ1n) is 9.72. The summed E-state index contributed by atoms with van der Waals surface area (Å²) in [6.07, 6.45) is 5.04. The van der Waals surface area contributed by atoms with Crippen LogP contribution in [0.3, 0.4) is 0 Å². The van der Waals surface area contributed by atoms with Gasteiger partial charge < -0.3 is 10.1 Å². The molecule has 1 aliphatic rings. The van der Waals surface area contributed by atoms with Gasteiger partial charge in [0, 0.05) is 0 Å². The first-order valence-corrected chi connectivity index (χ1v) is 9.72. The van der Waals surface area contributed by atoms with E-state index in [0.717, 1.165) is 12.2 Å². The van der Waals surface area contributed by atoms with Crippen LogP contribution in [0.2, 0.25) is 0 Å². The van der Waals surface area contributed by atoms with Crippen molar-refractivity contribution in [1.82, 2.24) is 5.32 Å². The van der Waals surface area contributed by atoms with E-state index in [4.69, 9.17) is 4.74 Å². The highest BCUT2D eigenvalue weighted by Crippen LogP contribution is 2.25. The number of carbonyl (C=O) groups excluding carboxylic acids is 1. The molecule has 0 aliphatic heterocycles. The molecule has 0 spiro atoms.